The zero-order valence-corrected chi connectivity index (χ0v) is 10.9. The number of rotatable bonds is 2. The number of nitrogen functional groups attached to an aromatic ring is 1. The molecular formula is C14H15N5O. The Morgan fingerprint density at radius 3 is 2.90 bits per heavy atom. The van der Waals surface area contributed by atoms with E-state index in [1.807, 2.05) is 18.2 Å². The van der Waals surface area contributed by atoms with Crippen LogP contribution in [0.4, 0.5) is 17.3 Å². The fourth-order valence-corrected chi connectivity index (χ4v) is 2.20. The number of nitrogens with two attached hydrogens (primary N) is 1. The van der Waals surface area contributed by atoms with Crippen LogP contribution in [-0.4, -0.2) is 22.4 Å². The van der Waals surface area contributed by atoms with E-state index >= 15 is 0 Å². The summed E-state index contributed by atoms with van der Waals surface area (Å²) < 4.78 is 0. The van der Waals surface area contributed by atoms with Crippen LogP contribution in [-0.2, 0) is 6.42 Å². The molecule has 4 N–H and O–H groups in total. The Morgan fingerprint density at radius 1 is 1.30 bits per heavy atom. The first-order chi connectivity index (χ1) is 9.72. The predicted molar refractivity (Wildman–Crippen MR) is 77.7 cm³/mol. The number of benzene rings is 1. The third kappa shape index (κ3) is 2.54. The molecule has 0 fully saturated rings. The highest BCUT2D eigenvalue weighted by Crippen LogP contribution is 2.25. The molecule has 0 atom stereocenters. The quantitative estimate of drug-likeness (QED) is 0.771. The second kappa shape index (κ2) is 5.16. The highest BCUT2D eigenvalue weighted by Gasteiger charge is 2.11. The van der Waals surface area contributed by atoms with Crippen molar-refractivity contribution in [3.63, 3.8) is 0 Å². The summed E-state index contributed by atoms with van der Waals surface area (Å²) in [4.78, 5) is 19.7. The number of anilines is 3. The van der Waals surface area contributed by atoms with Gasteiger partial charge in [-0.3, -0.25) is 4.79 Å². The van der Waals surface area contributed by atoms with E-state index in [4.69, 9.17) is 5.73 Å². The molecule has 2 aromatic rings. The zero-order chi connectivity index (χ0) is 13.9. The summed E-state index contributed by atoms with van der Waals surface area (Å²) in [5.74, 6) is -0.0970. The van der Waals surface area contributed by atoms with Gasteiger partial charge >= 0.3 is 0 Å². The number of hydrogen-bond acceptors (Lipinski definition) is 5. The third-order valence-corrected chi connectivity index (χ3v) is 3.24. The van der Waals surface area contributed by atoms with Gasteiger partial charge in [0.2, 0.25) is 5.95 Å². The van der Waals surface area contributed by atoms with Crippen molar-refractivity contribution in [3.8, 4) is 0 Å². The fraction of sp³-hybridized carbons (Fsp3) is 0.214. The van der Waals surface area contributed by atoms with Crippen molar-refractivity contribution in [2.75, 3.05) is 22.9 Å². The largest absolute Gasteiger partial charge is 0.385 e. The van der Waals surface area contributed by atoms with Crippen molar-refractivity contribution in [2.24, 2.45) is 0 Å². The van der Waals surface area contributed by atoms with Crippen LogP contribution >= 0.6 is 0 Å². The van der Waals surface area contributed by atoms with E-state index in [1.165, 1.54) is 18.0 Å². The molecule has 0 saturated carbocycles. The molecule has 1 aromatic carbocycles. The molecule has 1 aromatic heterocycles. The average Bonchev–Trinajstić information content (AvgIpc) is 2.48. The molecule has 0 radical (unpaired) electrons. The van der Waals surface area contributed by atoms with Gasteiger partial charge in [-0.25, -0.2) is 9.97 Å². The van der Waals surface area contributed by atoms with Gasteiger partial charge in [0, 0.05) is 30.3 Å². The minimum absolute atomic E-state index is 0.152. The van der Waals surface area contributed by atoms with Gasteiger partial charge in [0.25, 0.3) is 5.91 Å². The first-order valence-corrected chi connectivity index (χ1v) is 6.48. The molecule has 20 heavy (non-hydrogen) atoms. The minimum atomic E-state index is -0.249. The molecule has 102 valence electrons. The van der Waals surface area contributed by atoms with Crippen LogP contribution in [0.1, 0.15) is 22.3 Å². The van der Waals surface area contributed by atoms with Gasteiger partial charge in [-0.15, -0.1) is 0 Å². The molecule has 1 aliphatic rings. The highest BCUT2D eigenvalue weighted by atomic mass is 16.1. The molecule has 1 amide bonds. The van der Waals surface area contributed by atoms with Crippen LogP contribution < -0.4 is 16.4 Å². The number of nitrogens with one attached hydrogen (secondary N) is 2. The van der Waals surface area contributed by atoms with Crippen LogP contribution in [0.25, 0.3) is 0 Å². The number of carbonyl (C=O) groups excluding carboxylic acids is 1. The van der Waals surface area contributed by atoms with Gasteiger partial charge in [0.1, 0.15) is 0 Å². The summed E-state index contributed by atoms with van der Waals surface area (Å²) in [6, 6.07) is 5.89. The number of carbonyl (C=O) groups is 1. The molecule has 0 bridgehead atoms. The Balaban J connectivity index is 1.77. The SMILES string of the molecule is Nc1ncc(C(=O)Nc2ccc3c(c2)NCCC3)cn1. The van der Waals surface area contributed by atoms with E-state index in [-0.39, 0.29) is 11.9 Å². The van der Waals surface area contributed by atoms with Crippen molar-refractivity contribution in [1.29, 1.82) is 0 Å². The molecule has 3 rings (SSSR count). The summed E-state index contributed by atoms with van der Waals surface area (Å²) in [6.07, 6.45) is 5.03. The maximum absolute atomic E-state index is 12.0. The monoisotopic (exact) mass is 269 g/mol. The maximum atomic E-state index is 12.0. The van der Waals surface area contributed by atoms with Crippen molar-refractivity contribution >= 4 is 23.2 Å². The molecule has 6 heteroatoms. The summed E-state index contributed by atoms with van der Waals surface area (Å²) in [5, 5.41) is 6.16. The maximum Gasteiger partial charge on any atom is 0.258 e. The Labute approximate surface area is 116 Å². The molecule has 0 saturated heterocycles. The van der Waals surface area contributed by atoms with Gasteiger partial charge in [0.05, 0.1) is 5.56 Å². The second-order valence-electron chi connectivity index (χ2n) is 4.69. The number of nitrogens with zero attached hydrogens (tertiary/aromatic N) is 2. The summed E-state index contributed by atoms with van der Waals surface area (Å²) in [7, 11) is 0. The standard InChI is InChI=1S/C14H15N5O/c15-14-17-7-10(8-18-14)13(20)19-11-4-3-9-2-1-5-16-12(9)6-11/h3-4,6-8,16H,1-2,5H2,(H,19,20)(H2,15,17,18). The molecule has 1 aliphatic heterocycles. The number of aromatic nitrogens is 2. The first kappa shape index (κ1) is 12.4. The van der Waals surface area contributed by atoms with E-state index in [1.54, 1.807) is 0 Å². The smallest absolute Gasteiger partial charge is 0.258 e. The fourth-order valence-electron chi connectivity index (χ4n) is 2.20. The summed E-state index contributed by atoms with van der Waals surface area (Å²) in [6.45, 7) is 0.968. The summed E-state index contributed by atoms with van der Waals surface area (Å²) in [5.41, 5.74) is 8.89. The second-order valence-corrected chi connectivity index (χ2v) is 4.69. The number of aryl methyl sites for hydroxylation is 1. The zero-order valence-electron chi connectivity index (χ0n) is 10.9. The van der Waals surface area contributed by atoms with E-state index in [0.29, 0.717) is 5.56 Å². The molecular weight excluding hydrogens is 254 g/mol. The van der Waals surface area contributed by atoms with E-state index < -0.39 is 0 Å². The Hall–Kier alpha value is -2.63. The number of hydrogen-bond donors (Lipinski definition) is 3. The minimum Gasteiger partial charge on any atom is -0.385 e. The average molecular weight is 269 g/mol. The van der Waals surface area contributed by atoms with Crippen LogP contribution in [0, 0.1) is 0 Å². The predicted octanol–water partition coefficient (Wildman–Crippen LogP) is 1.67. The molecule has 0 spiro atoms. The highest BCUT2D eigenvalue weighted by molar-refractivity contribution is 6.04. The van der Waals surface area contributed by atoms with Gasteiger partial charge in [-0.05, 0) is 30.5 Å². The van der Waals surface area contributed by atoms with Crippen LogP contribution in [0.2, 0.25) is 0 Å². The van der Waals surface area contributed by atoms with Gasteiger partial charge in [-0.1, -0.05) is 6.07 Å². The van der Waals surface area contributed by atoms with Crippen molar-refractivity contribution in [1.82, 2.24) is 9.97 Å². The van der Waals surface area contributed by atoms with Gasteiger partial charge in [0.15, 0.2) is 0 Å². The Morgan fingerprint density at radius 2 is 2.10 bits per heavy atom. The molecule has 0 unspecified atom stereocenters. The van der Waals surface area contributed by atoms with E-state index in [9.17, 15) is 4.79 Å². The topological polar surface area (TPSA) is 92.9 Å². The van der Waals surface area contributed by atoms with Crippen molar-refractivity contribution in [3.05, 3.63) is 41.7 Å². The van der Waals surface area contributed by atoms with Crippen LogP contribution in [0.3, 0.4) is 0 Å². The molecule has 0 aliphatic carbocycles. The van der Waals surface area contributed by atoms with Gasteiger partial charge < -0.3 is 16.4 Å². The van der Waals surface area contributed by atoms with Crippen molar-refractivity contribution < 1.29 is 4.79 Å². The lowest BCUT2D eigenvalue weighted by atomic mass is 10.0. The molecule has 2 heterocycles. The van der Waals surface area contributed by atoms with Crippen molar-refractivity contribution in [2.45, 2.75) is 12.8 Å². The Kier molecular flexibility index (Phi) is 3.20. The summed E-state index contributed by atoms with van der Waals surface area (Å²) >= 11 is 0. The molecule has 6 nitrogen and oxygen atoms in total. The lowest BCUT2D eigenvalue weighted by Gasteiger charge is -2.18. The lowest BCUT2D eigenvalue weighted by molar-refractivity contribution is 0.102. The third-order valence-electron chi connectivity index (χ3n) is 3.24. The van der Waals surface area contributed by atoms with Crippen LogP contribution in [0.15, 0.2) is 30.6 Å². The van der Waals surface area contributed by atoms with E-state index in [2.05, 4.69) is 20.6 Å². The number of fused-ring (bicyclic) bond motifs is 1. The van der Waals surface area contributed by atoms with Gasteiger partial charge in [-0.2, -0.15) is 0 Å². The number of amides is 1. The normalized spacial score (nSPS) is 13.2. The Bertz CT molecular complexity index is 639. The first-order valence-electron chi connectivity index (χ1n) is 6.48. The van der Waals surface area contributed by atoms with Crippen LogP contribution in [0.5, 0.6) is 0 Å². The lowest BCUT2D eigenvalue weighted by Crippen LogP contribution is -2.15. The van der Waals surface area contributed by atoms with E-state index in [0.717, 1.165) is 30.8 Å².